The smallest absolute Gasteiger partial charge is 0.340 e. The van der Waals surface area contributed by atoms with Gasteiger partial charge in [-0.25, -0.2) is 4.79 Å². The summed E-state index contributed by atoms with van der Waals surface area (Å²) in [4.78, 5) is 49.0. The summed E-state index contributed by atoms with van der Waals surface area (Å²) in [6.45, 7) is -0.668. The Morgan fingerprint density at radius 3 is 2.75 bits per heavy atom. The van der Waals surface area contributed by atoms with E-state index in [0.29, 0.717) is 11.4 Å². The molecule has 2 aromatic carbocycles. The molecule has 2 heterocycles. The van der Waals surface area contributed by atoms with Crippen molar-refractivity contribution in [3.05, 3.63) is 80.2 Å². The number of aromatic nitrogens is 2. The van der Waals surface area contributed by atoms with Crippen LogP contribution in [0.2, 0.25) is 10.0 Å². The lowest BCUT2D eigenvalue weighted by Crippen LogP contribution is -2.26. The van der Waals surface area contributed by atoms with Crippen molar-refractivity contribution in [1.82, 2.24) is 9.78 Å². The van der Waals surface area contributed by atoms with E-state index in [9.17, 15) is 19.2 Å². The summed E-state index contributed by atoms with van der Waals surface area (Å²) in [7, 11) is 0. The van der Waals surface area contributed by atoms with Crippen LogP contribution in [0.5, 0.6) is 5.75 Å². The highest BCUT2D eigenvalue weighted by Crippen LogP contribution is 2.28. The zero-order valence-corrected chi connectivity index (χ0v) is 17.6. The Bertz CT molecular complexity index is 1320. The van der Waals surface area contributed by atoms with Gasteiger partial charge in [0.05, 0.1) is 28.2 Å². The van der Waals surface area contributed by atoms with Crippen molar-refractivity contribution in [1.29, 1.82) is 0 Å². The number of halogens is 2. The molecule has 1 aliphatic heterocycles. The number of carbonyl (C=O) groups is 3. The number of nitrogens with one attached hydrogen (secondary N) is 1. The number of benzene rings is 2. The lowest BCUT2D eigenvalue weighted by molar-refractivity contribution is -0.118. The first-order valence-electron chi connectivity index (χ1n) is 9.15. The topological polar surface area (TPSA) is 117 Å². The number of hydrogen-bond donors (Lipinski definition) is 1. The van der Waals surface area contributed by atoms with Crippen LogP contribution >= 0.6 is 23.2 Å². The fourth-order valence-electron chi connectivity index (χ4n) is 2.96. The largest absolute Gasteiger partial charge is 0.482 e. The number of ether oxygens (including phenoxy) is 2. The van der Waals surface area contributed by atoms with Gasteiger partial charge in [0.1, 0.15) is 10.8 Å². The molecule has 0 spiro atoms. The molecule has 11 heteroatoms. The fourth-order valence-corrected chi connectivity index (χ4v) is 3.22. The van der Waals surface area contributed by atoms with Gasteiger partial charge in [0, 0.05) is 5.56 Å². The van der Waals surface area contributed by atoms with Gasteiger partial charge in [-0.3, -0.25) is 14.4 Å². The summed E-state index contributed by atoms with van der Waals surface area (Å²) < 4.78 is 11.3. The number of para-hydroxylation sites is 1. The number of ketones is 1. The van der Waals surface area contributed by atoms with E-state index in [1.807, 2.05) is 0 Å². The van der Waals surface area contributed by atoms with Crippen molar-refractivity contribution >= 4 is 46.5 Å². The Labute approximate surface area is 190 Å². The van der Waals surface area contributed by atoms with Crippen LogP contribution < -0.4 is 15.6 Å². The first-order chi connectivity index (χ1) is 15.3. The first kappa shape index (κ1) is 21.5. The van der Waals surface area contributed by atoms with Crippen molar-refractivity contribution in [2.24, 2.45) is 0 Å². The molecule has 0 fully saturated rings. The van der Waals surface area contributed by atoms with Gasteiger partial charge < -0.3 is 14.8 Å². The Morgan fingerprint density at radius 2 is 1.94 bits per heavy atom. The maximum absolute atomic E-state index is 12.7. The highest BCUT2D eigenvalue weighted by molar-refractivity contribution is 6.41. The fraction of sp³-hybridized carbons (Fsp3) is 0.0952. The maximum Gasteiger partial charge on any atom is 0.340 e. The van der Waals surface area contributed by atoms with E-state index in [-0.39, 0.29) is 39.4 Å². The normalized spacial score (nSPS) is 12.4. The molecule has 4 rings (SSSR count). The molecule has 0 bridgehead atoms. The van der Waals surface area contributed by atoms with E-state index in [0.717, 1.165) is 4.68 Å². The molecule has 0 atom stereocenters. The van der Waals surface area contributed by atoms with E-state index in [4.69, 9.17) is 32.7 Å². The van der Waals surface area contributed by atoms with Crippen molar-refractivity contribution in [2.45, 2.75) is 0 Å². The molecule has 32 heavy (non-hydrogen) atoms. The van der Waals surface area contributed by atoms with Gasteiger partial charge in [-0.2, -0.15) is 9.78 Å². The van der Waals surface area contributed by atoms with E-state index in [2.05, 4.69) is 10.4 Å². The first-order valence-corrected chi connectivity index (χ1v) is 9.90. The van der Waals surface area contributed by atoms with Crippen LogP contribution in [0.25, 0.3) is 5.69 Å². The van der Waals surface area contributed by atoms with Crippen LogP contribution in [0.1, 0.15) is 20.7 Å². The molecule has 0 unspecified atom stereocenters. The number of anilines is 1. The molecule has 162 valence electrons. The quantitative estimate of drug-likeness (QED) is 0.447. The van der Waals surface area contributed by atoms with Gasteiger partial charge in [0.15, 0.2) is 19.0 Å². The second-order valence-corrected chi connectivity index (χ2v) is 7.37. The SMILES string of the molecule is O=C1COc2ccc(C(=O)COC(=O)c3ccccc3-n3ncc(Cl)c(Cl)c3=O)cc2N1. The minimum atomic E-state index is -0.844. The minimum Gasteiger partial charge on any atom is -0.482 e. The predicted molar refractivity (Wildman–Crippen MR) is 115 cm³/mol. The molecule has 1 aliphatic rings. The number of carbonyl (C=O) groups excluding carboxylic acids is 3. The summed E-state index contributed by atoms with van der Waals surface area (Å²) in [6, 6.07) is 10.5. The standard InChI is InChI=1S/C21H13Cl2N3O6/c22-13-8-24-26(20(29)19(13)23)15-4-2-1-3-12(15)21(30)32-9-16(27)11-5-6-17-14(7-11)25-18(28)10-31-17/h1-8H,9-10H2,(H,25,28). The van der Waals surface area contributed by atoms with Crippen LogP contribution in [-0.2, 0) is 9.53 Å². The van der Waals surface area contributed by atoms with E-state index in [1.165, 1.54) is 30.5 Å². The molecule has 3 aromatic rings. The minimum absolute atomic E-state index is 0.000562. The summed E-state index contributed by atoms with van der Waals surface area (Å²) in [5, 5.41) is 6.24. The average molecular weight is 474 g/mol. The molecule has 1 amide bonds. The average Bonchev–Trinajstić information content (AvgIpc) is 2.80. The number of esters is 1. The van der Waals surface area contributed by atoms with Crippen LogP contribution in [0.3, 0.4) is 0 Å². The number of amides is 1. The highest BCUT2D eigenvalue weighted by atomic mass is 35.5. The second kappa shape index (κ2) is 8.81. The lowest BCUT2D eigenvalue weighted by Gasteiger charge is -2.18. The van der Waals surface area contributed by atoms with Gasteiger partial charge in [-0.05, 0) is 30.3 Å². The zero-order valence-electron chi connectivity index (χ0n) is 16.1. The lowest BCUT2D eigenvalue weighted by atomic mass is 10.1. The van der Waals surface area contributed by atoms with Crippen molar-refractivity contribution in [2.75, 3.05) is 18.5 Å². The van der Waals surface area contributed by atoms with Gasteiger partial charge in [-0.1, -0.05) is 35.3 Å². The number of Topliss-reactive ketones (excluding diaryl/α,β-unsaturated/α-hetero) is 1. The molecule has 9 nitrogen and oxygen atoms in total. The predicted octanol–water partition coefficient (Wildman–Crippen LogP) is 2.91. The van der Waals surface area contributed by atoms with Gasteiger partial charge in [0.25, 0.3) is 11.5 Å². The third kappa shape index (κ3) is 4.20. The number of fused-ring (bicyclic) bond motifs is 1. The Morgan fingerprint density at radius 1 is 1.16 bits per heavy atom. The Balaban J connectivity index is 1.53. The Hall–Kier alpha value is -3.69. The second-order valence-electron chi connectivity index (χ2n) is 6.59. The number of hydrogen-bond acceptors (Lipinski definition) is 7. The summed E-state index contributed by atoms with van der Waals surface area (Å²) in [5.41, 5.74) is -0.0257. The van der Waals surface area contributed by atoms with Gasteiger partial charge in [0.2, 0.25) is 0 Å². The molecular weight excluding hydrogens is 461 g/mol. The maximum atomic E-state index is 12.7. The molecule has 0 saturated heterocycles. The van der Waals surface area contributed by atoms with E-state index in [1.54, 1.807) is 18.2 Å². The van der Waals surface area contributed by atoms with Gasteiger partial charge >= 0.3 is 5.97 Å². The number of nitrogens with zero attached hydrogens (tertiary/aromatic N) is 2. The molecule has 1 N–H and O–H groups in total. The summed E-state index contributed by atoms with van der Waals surface area (Å²) in [5.74, 6) is -1.24. The molecule has 1 aromatic heterocycles. The zero-order chi connectivity index (χ0) is 22.8. The van der Waals surface area contributed by atoms with Crippen molar-refractivity contribution in [3.63, 3.8) is 0 Å². The summed E-state index contributed by atoms with van der Waals surface area (Å²) >= 11 is 11.7. The van der Waals surface area contributed by atoms with Crippen molar-refractivity contribution < 1.29 is 23.9 Å². The number of rotatable bonds is 5. The molecule has 0 saturated carbocycles. The van der Waals surface area contributed by atoms with E-state index >= 15 is 0 Å². The van der Waals surface area contributed by atoms with Crippen LogP contribution in [0.15, 0.2) is 53.5 Å². The van der Waals surface area contributed by atoms with Crippen molar-refractivity contribution in [3.8, 4) is 11.4 Å². The summed E-state index contributed by atoms with van der Waals surface area (Å²) in [6.07, 6.45) is 1.18. The van der Waals surface area contributed by atoms with E-state index < -0.39 is 23.9 Å². The highest BCUT2D eigenvalue weighted by Gasteiger charge is 2.21. The molecule has 0 aliphatic carbocycles. The van der Waals surface area contributed by atoms with Crippen LogP contribution in [0, 0.1) is 0 Å². The van der Waals surface area contributed by atoms with Gasteiger partial charge in [-0.15, -0.1) is 0 Å². The third-order valence-electron chi connectivity index (χ3n) is 4.50. The van der Waals surface area contributed by atoms with Crippen LogP contribution in [-0.4, -0.2) is 40.7 Å². The van der Waals surface area contributed by atoms with Crippen LogP contribution in [0.4, 0.5) is 5.69 Å². The third-order valence-corrected chi connectivity index (χ3v) is 5.25. The molecule has 0 radical (unpaired) electrons. The molecular formula is C21H13Cl2N3O6. The monoisotopic (exact) mass is 473 g/mol. The Kier molecular flexibility index (Phi) is 5.93.